The summed E-state index contributed by atoms with van der Waals surface area (Å²) in [6.45, 7) is 24.5. The molecule has 3 aliphatic heterocycles. The van der Waals surface area contributed by atoms with Gasteiger partial charge in [0.1, 0.15) is 34.5 Å². The van der Waals surface area contributed by atoms with Crippen LogP contribution in [0, 0.1) is 5.41 Å². The number of benzene rings is 6. The van der Waals surface area contributed by atoms with Crippen molar-refractivity contribution < 1.29 is 75.6 Å². The third kappa shape index (κ3) is 19.5. The smallest absolute Gasteiger partial charge is 0.328 e. The van der Waals surface area contributed by atoms with Crippen LogP contribution in [0.25, 0.3) is 0 Å². The molecule has 3 heterocycles. The Bertz CT molecular complexity index is 3540. The summed E-state index contributed by atoms with van der Waals surface area (Å²) in [6, 6.07) is 45.2. The van der Waals surface area contributed by atoms with E-state index in [9.17, 15) is 47.2 Å². The van der Waals surface area contributed by atoms with Gasteiger partial charge in [-0.2, -0.15) is 39.1 Å². The Morgan fingerprint density at radius 3 is 0.800 bits per heavy atom. The molecule has 28 nitrogen and oxygen atoms in total. The van der Waals surface area contributed by atoms with Crippen LogP contribution in [-0.2, 0) is 34.1 Å². The predicted molar refractivity (Wildman–Crippen MR) is 386 cm³/mol. The molecular formula is C71H92N12O16S. The third-order valence-corrected chi connectivity index (χ3v) is 17.3. The summed E-state index contributed by atoms with van der Waals surface area (Å²) >= 11 is 0. The lowest BCUT2D eigenvalue weighted by molar-refractivity contribution is -0.161. The molecule has 29 heteroatoms. The first-order chi connectivity index (χ1) is 47.9. The van der Waals surface area contributed by atoms with E-state index in [2.05, 4.69) is 31.6 Å². The van der Waals surface area contributed by atoms with E-state index < -0.39 is 38.6 Å². The number of nitrogens with zero attached hydrogens (tertiary/aromatic N) is 9. The number of unbranched alkanes of at least 4 members (excludes halogenated alkanes) is 3. The highest BCUT2D eigenvalue weighted by Crippen LogP contribution is 2.48. The molecule has 3 aliphatic rings. The van der Waals surface area contributed by atoms with E-state index in [1.54, 1.807) is 30.7 Å². The molecular weight excluding hydrogens is 1310 g/mol. The lowest BCUT2D eigenvalue weighted by Crippen LogP contribution is -2.62. The van der Waals surface area contributed by atoms with Crippen molar-refractivity contribution in [1.29, 1.82) is 0 Å². The molecule has 0 aromatic heterocycles. The Kier molecular flexibility index (Phi) is 29.1. The molecule has 0 amide bonds. The van der Waals surface area contributed by atoms with Crippen molar-refractivity contribution in [3.05, 3.63) is 146 Å². The zero-order chi connectivity index (χ0) is 73.2. The first-order valence-electron chi connectivity index (χ1n) is 33.1. The van der Waals surface area contributed by atoms with Crippen LogP contribution in [0.3, 0.4) is 0 Å². The molecule has 538 valence electrons. The average molecular weight is 1400 g/mol. The number of ether oxygens (including phenoxy) is 6. The topological polar surface area (TPSA) is 328 Å². The minimum absolute atomic E-state index is 0.144. The molecule has 0 aliphatic carbocycles. The van der Waals surface area contributed by atoms with Gasteiger partial charge < -0.3 is 38.6 Å². The molecule has 6 N–H and O–H groups in total. The summed E-state index contributed by atoms with van der Waals surface area (Å²) < 4.78 is 63.7. The van der Waals surface area contributed by atoms with Gasteiger partial charge in [-0.05, 0) is 206 Å². The average Bonchev–Trinajstić information content (AvgIpc) is 1.03. The van der Waals surface area contributed by atoms with Crippen molar-refractivity contribution in [2.45, 2.75) is 133 Å². The summed E-state index contributed by atoms with van der Waals surface area (Å²) in [5.74, 6) is 1.77. The second-order valence-corrected chi connectivity index (χ2v) is 23.9. The van der Waals surface area contributed by atoms with Gasteiger partial charge in [-0.3, -0.25) is 44.8 Å². The molecule has 0 radical (unpaired) electrons. The van der Waals surface area contributed by atoms with Crippen LogP contribution in [0.4, 0.5) is 34.1 Å². The second-order valence-electron chi connectivity index (χ2n) is 22.2. The molecule has 0 saturated carbocycles. The number of aliphatic carboxylic acids is 2. The van der Waals surface area contributed by atoms with Crippen LogP contribution < -0.4 is 75.4 Å². The number of hydrogen-bond acceptors (Lipinski definition) is 25. The number of carboxylic acid groups (broad SMARTS) is 2. The van der Waals surface area contributed by atoms with Crippen LogP contribution in [-0.4, -0.2) is 114 Å². The molecule has 6 aromatic carbocycles. The summed E-state index contributed by atoms with van der Waals surface area (Å²) in [7, 11) is -5.12. The highest BCUT2D eigenvalue weighted by atomic mass is 32.2. The molecule has 0 spiro atoms. The molecule has 0 bridgehead atoms. The normalized spacial score (nSPS) is 13.7. The quantitative estimate of drug-likeness (QED) is 0.0169. The minimum atomic E-state index is -5.12. The van der Waals surface area contributed by atoms with Gasteiger partial charge in [-0.15, -0.1) is 15.3 Å². The van der Waals surface area contributed by atoms with E-state index >= 15 is 0 Å². The number of ketones is 3. The Balaban J connectivity index is 0.000000211. The number of carboxylic acids is 2. The first kappa shape index (κ1) is 78.2. The van der Waals surface area contributed by atoms with Gasteiger partial charge in [0.25, 0.3) is 10.1 Å². The van der Waals surface area contributed by atoms with Crippen LogP contribution in [0.2, 0.25) is 0 Å². The van der Waals surface area contributed by atoms with E-state index in [1.807, 2.05) is 194 Å². The van der Waals surface area contributed by atoms with E-state index in [0.717, 1.165) is 81.5 Å². The number of nitrogens with one attached hydrogen (secondary N) is 3. The lowest BCUT2D eigenvalue weighted by Gasteiger charge is -2.41. The second kappa shape index (κ2) is 37.2. The summed E-state index contributed by atoms with van der Waals surface area (Å²) in [6.07, 6.45) is 1.59. The number of amidine groups is 3. The molecule has 1 unspecified atom stereocenters. The summed E-state index contributed by atoms with van der Waals surface area (Å²) in [5.41, 5.74) is 11.9. The SMILES string of the molecule is CCCCCCC(C(=O)O)(C(CC)(CC)C(=O)O)S(=O)(=O)O.CCOc1ccc(N2N=C(C(C)=O)NN2c2ccc(OCC)cc2)cc1.CCOc1ccc(N2N=C(C(C)=O)NN2c2ccc(OCC)cc2)cc1.CCOc1ccc(N2N=C(C(C)=O)NN2c2ccc(OCC)cc2)cc1. The maximum Gasteiger partial charge on any atom is 0.328 e. The number of anilines is 6. The maximum absolute atomic E-state index is 11.9. The number of rotatable bonds is 32. The molecule has 1 atom stereocenters. The molecule has 0 saturated heterocycles. The number of carbonyl (C=O) groups is 5. The van der Waals surface area contributed by atoms with Gasteiger partial charge in [-0.1, -0.05) is 46.5 Å². The van der Waals surface area contributed by atoms with Crippen LogP contribution in [0.5, 0.6) is 34.5 Å². The Morgan fingerprint density at radius 2 is 0.620 bits per heavy atom. The minimum Gasteiger partial charge on any atom is -0.494 e. The number of Topliss-reactive ketones (excluding diaryl/α,β-unsaturated/α-hetero) is 3. The highest BCUT2D eigenvalue weighted by molar-refractivity contribution is 7.88. The Labute approximate surface area is 584 Å². The van der Waals surface area contributed by atoms with Crippen molar-refractivity contribution in [1.82, 2.24) is 16.3 Å². The molecule has 100 heavy (non-hydrogen) atoms. The van der Waals surface area contributed by atoms with E-state index in [4.69, 9.17) is 28.4 Å². The van der Waals surface area contributed by atoms with Crippen molar-refractivity contribution in [2.24, 2.45) is 20.7 Å². The zero-order valence-corrected chi connectivity index (χ0v) is 59.4. The molecule has 9 rings (SSSR count). The fraction of sp³-hybridized carbons (Fsp3) is 0.380. The van der Waals surface area contributed by atoms with E-state index in [1.165, 1.54) is 34.6 Å². The van der Waals surface area contributed by atoms with Crippen molar-refractivity contribution >= 4 is 91.0 Å². The Hall–Kier alpha value is -10.8. The fourth-order valence-corrected chi connectivity index (χ4v) is 12.1. The van der Waals surface area contributed by atoms with Crippen molar-refractivity contribution in [3.63, 3.8) is 0 Å². The number of hydrogen-bond donors (Lipinski definition) is 6. The van der Waals surface area contributed by atoms with Gasteiger partial charge in [0.15, 0.2) is 17.3 Å². The van der Waals surface area contributed by atoms with E-state index in [-0.39, 0.29) is 54.1 Å². The van der Waals surface area contributed by atoms with Crippen LogP contribution >= 0.6 is 0 Å². The number of carbonyl (C=O) groups excluding carboxylic acids is 3. The number of hydrazone groups is 3. The molecule has 0 fully saturated rings. The molecule has 6 aromatic rings. The standard InChI is InChI=1S/3C19H22N4O3.C14H26O7S/c3*1-4-25-17-10-6-15(7-11-17)22-20-19(14(3)24)21-23(22)16-8-12-18(13-9-16)26-5-2;1-4-7-8-9-10-14(12(17)18,22(19,20)21)13(5-2,6-3)11(15)16/h3*6-13H,4-5H2,1-3H3,(H,20,21);4-10H2,1-3H3,(H,15,16)(H,17,18)(H,19,20,21). The third-order valence-electron chi connectivity index (χ3n) is 15.7. The fourth-order valence-electron chi connectivity index (χ4n) is 10.6. The van der Waals surface area contributed by atoms with E-state index in [0.29, 0.717) is 46.1 Å². The monoisotopic (exact) mass is 1400 g/mol. The van der Waals surface area contributed by atoms with Crippen molar-refractivity contribution in [2.75, 3.05) is 70.3 Å². The highest BCUT2D eigenvalue weighted by Gasteiger charge is 2.67. The van der Waals surface area contributed by atoms with Crippen LogP contribution in [0.1, 0.15) is 128 Å². The van der Waals surface area contributed by atoms with Crippen LogP contribution in [0.15, 0.2) is 161 Å². The van der Waals surface area contributed by atoms with Gasteiger partial charge in [0, 0.05) is 20.8 Å². The zero-order valence-electron chi connectivity index (χ0n) is 58.6. The van der Waals surface area contributed by atoms with Gasteiger partial charge >= 0.3 is 11.9 Å². The summed E-state index contributed by atoms with van der Waals surface area (Å²) in [4.78, 5) is 58.9. The van der Waals surface area contributed by atoms with Gasteiger partial charge in [0.2, 0.25) is 22.3 Å². The first-order valence-corrected chi connectivity index (χ1v) is 34.6. The van der Waals surface area contributed by atoms with Gasteiger partial charge in [-0.25, -0.2) is 0 Å². The van der Waals surface area contributed by atoms with Crippen molar-refractivity contribution in [3.8, 4) is 34.5 Å². The maximum atomic E-state index is 11.9. The van der Waals surface area contributed by atoms with Gasteiger partial charge in [0.05, 0.1) is 79.2 Å². The number of hydrazine groups is 6. The summed E-state index contributed by atoms with van der Waals surface area (Å²) in [5, 5.41) is 42.3. The largest absolute Gasteiger partial charge is 0.494 e. The lowest BCUT2D eigenvalue weighted by atomic mass is 9.68. The predicted octanol–water partition coefficient (Wildman–Crippen LogP) is 12.0. The Morgan fingerprint density at radius 1 is 0.380 bits per heavy atom.